The molecule has 4 nitrogen and oxygen atoms in total. The van der Waals surface area contributed by atoms with Gasteiger partial charge in [0.2, 0.25) is 4.77 Å². The van der Waals surface area contributed by atoms with E-state index in [0.29, 0.717) is 15.6 Å². The lowest BCUT2D eigenvalue weighted by Crippen LogP contribution is -1.95. The van der Waals surface area contributed by atoms with Crippen molar-refractivity contribution in [3.05, 3.63) is 68.4 Å². The molecule has 1 N–H and O–H groups in total. The van der Waals surface area contributed by atoms with E-state index in [1.54, 1.807) is 23.0 Å². The number of nitrogens with one attached hydrogen (secondary N) is 1. The zero-order valence-electron chi connectivity index (χ0n) is 11.2. The van der Waals surface area contributed by atoms with E-state index in [4.69, 9.17) is 23.8 Å². The summed E-state index contributed by atoms with van der Waals surface area (Å²) in [5, 5.41) is 12.1. The van der Waals surface area contributed by atoms with Crippen molar-refractivity contribution in [3.8, 4) is 11.4 Å². The summed E-state index contributed by atoms with van der Waals surface area (Å²) < 4.78 is 2.97. The number of hydrogen-bond donors (Lipinski definition) is 1. The zero-order valence-corrected chi connectivity index (χ0v) is 14.4. The first-order chi connectivity index (χ1) is 10.6. The lowest BCUT2D eigenvalue weighted by atomic mass is 10.2. The van der Waals surface area contributed by atoms with Gasteiger partial charge in [0, 0.05) is 20.6 Å². The highest BCUT2D eigenvalue weighted by molar-refractivity contribution is 9.10. The number of hydrogen-bond acceptors (Lipinski definition) is 3. The van der Waals surface area contributed by atoms with E-state index in [1.807, 2.05) is 36.4 Å². The number of H-pyrrole nitrogens is 1. The molecular weight excluding hydrogens is 384 g/mol. The average molecular weight is 394 g/mol. The van der Waals surface area contributed by atoms with Crippen molar-refractivity contribution in [1.82, 2.24) is 14.9 Å². The maximum Gasteiger partial charge on any atom is 0.216 e. The molecule has 0 radical (unpaired) electrons. The van der Waals surface area contributed by atoms with Crippen LogP contribution in [0.4, 0.5) is 0 Å². The second-order valence-electron chi connectivity index (χ2n) is 4.44. The highest BCUT2D eigenvalue weighted by atomic mass is 79.9. The highest BCUT2D eigenvalue weighted by Gasteiger charge is 2.08. The van der Waals surface area contributed by atoms with Gasteiger partial charge in [-0.2, -0.15) is 14.9 Å². The van der Waals surface area contributed by atoms with Crippen LogP contribution in [0.15, 0.2) is 58.1 Å². The Morgan fingerprint density at radius 1 is 1.18 bits per heavy atom. The average Bonchev–Trinajstić information content (AvgIpc) is 2.88. The van der Waals surface area contributed by atoms with Crippen LogP contribution >= 0.6 is 39.7 Å². The molecule has 0 aliphatic heterocycles. The Morgan fingerprint density at radius 2 is 1.91 bits per heavy atom. The fourth-order valence-electron chi connectivity index (χ4n) is 1.88. The van der Waals surface area contributed by atoms with Gasteiger partial charge in [0.1, 0.15) is 0 Å². The molecule has 3 aromatic rings. The first kappa shape index (κ1) is 15.1. The van der Waals surface area contributed by atoms with Gasteiger partial charge in [0.15, 0.2) is 5.82 Å². The Bertz CT molecular complexity index is 883. The molecule has 0 spiro atoms. The van der Waals surface area contributed by atoms with Crippen LogP contribution in [-0.4, -0.2) is 21.1 Å². The molecule has 0 amide bonds. The molecule has 1 heterocycles. The summed E-state index contributed by atoms with van der Waals surface area (Å²) in [4.78, 5) is 0. The summed E-state index contributed by atoms with van der Waals surface area (Å²) >= 11 is 14.6. The molecule has 3 rings (SSSR count). The fraction of sp³-hybridized carbons (Fsp3) is 0. The number of nitrogens with zero attached hydrogens (tertiary/aromatic N) is 3. The number of aromatic nitrogens is 3. The summed E-state index contributed by atoms with van der Waals surface area (Å²) in [6.07, 6.45) is 1.73. The molecule has 7 heteroatoms. The van der Waals surface area contributed by atoms with E-state index in [0.717, 1.165) is 15.6 Å². The van der Waals surface area contributed by atoms with Gasteiger partial charge in [-0.05, 0) is 42.5 Å². The molecule has 0 bridgehead atoms. The van der Waals surface area contributed by atoms with Crippen LogP contribution in [0, 0.1) is 4.77 Å². The minimum Gasteiger partial charge on any atom is -0.250 e. The molecule has 0 saturated heterocycles. The van der Waals surface area contributed by atoms with E-state index in [1.165, 1.54) is 0 Å². The predicted molar refractivity (Wildman–Crippen MR) is 95.0 cm³/mol. The number of benzene rings is 2. The van der Waals surface area contributed by atoms with Crippen molar-refractivity contribution in [2.75, 3.05) is 0 Å². The van der Waals surface area contributed by atoms with Crippen molar-refractivity contribution in [1.29, 1.82) is 0 Å². The Kier molecular flexibility index (Phi) is 4.52. The molecule has 110 valence electrons. The van der Waals surface area contributed by atoms with Gasteiger partial charge in [-0.25, -0.2) is 5.10 Å². The SMILES string of the molecule is S=c1[nH]nc(-c2ccc(Cl)cc2)n1N=Cc1ccccc1Br. The summed E-state index contributed by atoms with van der Waals surface area (Å²) in [5.41, 5.74) is 1.83. The van der Waals surface area contributed by atoms with Crippen molar-refractivity contribution in [2.24, 2.45) is 5.10 Å². The summed E-state index contributed by atoms with van der Waals surface area (Å²) in [6, 6.07) is 15.2. The fourth-order valence-corrected chi connectivity index (χ4v) is 2.58. The molecule has 0 atom stereocenters. The molecule has 2 aromatic carbocycles. The van der Waals surface area contributed by atoms with Crippen LogP contribution in [0.2, 0.25) is 5.02 Å². The van der Waals surface area contributed by atoms with Gasteiger partial charge >= 0.3 is 0 Å². The van der Waals surface area contributed by atoms with Gasteiger partial charge in [0.05, 0.1) is 6.21 Å². The second kappa shape index (κ2) is 6.56. The van der Waals surface area contributed by atoms with Crippen molar-refractivity contribution in [2.45, 2.75) is 0 Å². The standard InChI is InChI=1S/C15H10BrClN4S/c16-13-4-2-1-3-11(13)9-18-21-14(19-20-15(21)22)10-5-7-12(17)8-6-10/h1-9H,(H,20,22). The topological polar surface area (TPSA) is 46.0 Å². The molecule has 22 heavy (non-hydrogen) atoms. The van der Waals surface area contributed by atoms with Gasteiger partial charge in [0.25, 0.3) is 0 Å². The molecule has 0 unspecified atom stereocenters. The number of aromatic amines is 1. The Morgan fingerprint density at radius 3 is 2.64 bits per heavy atom. The molecule has 1 aromatic heterocycles. The summed E-state index contributed by atoms with van der Waals surface area (Å²) in [5.74, 6) is 0.630. The minimum absolute atomic E-state index is 0.424. The van der Waals surface area contributed by atoms with E-state index in [-0.39, 0.29) is 0 Å². The van der Waals surface area contributed by atoms with E-state index in [9.17, 15) is 0 Å². The zero-order chi connectivity index (χ0) is 15.5. The predicted octanol–water partition coefficient (Wildman–Crippen LogP) is 4.91. The third-order valence-corrected chi connectivity index (χ3v) is 4.21. The van der Waals surface area contributed by atoms with E-state index < -0.39 is 0 Å². The smallest absolute Gasteiger partial charge is 0.216 e. The normalized spacial score (nSPS) is 11.2. The second-order valence-corrected chi connectivity index (χ2v) is 6.11. The molecule has 0 saturated carbocycles. The third-order valence-electron chi connectivity index (χ3n) is 2.97. The van der Waals surface area contributed by atoms with Crippen LogP contribution in [-0.2, 0) is 0 Å². The molecule has 0 fully saturated rings. The van der Waals surface area contributed by atoms with Crippen LogP contribution in [0.5, 0.6) is 0 Å². The maximum absolute atomic E-state index is 5.91. The first-order valence-electron chi connectivity index (χ1n) is 6.37. The van der Waals surface area contributed by atoms with Crippen LogP contribution in [0.3, 0.4) is 0 Å². The van der Waals surface area contributed by atoms with Gasteiger partial charge in [-0.1, -0.05) is 45.7 Å². The number of halogens is 2. The molecule has 0 aliphatic rings. The van der Waals surface area contributed by atoms with Gasteiger partial charge in [-0.15, -0.1) is 0 Å². The Labute approximate surface area is 145 Å². The number of rotatable bonds is 3. The van der Waals surface area contributed by atoms with Crippen LogP contribution in [0.1, 0.15) is 5.56 Å². The maximum atomic E-state index is 5.91. The Hall–Kier alpha value is -1.76. The lowest BCUT2D eigenvalue weighted by molar-refractivity contribution is 0.871. The van der Waals surface area contributed by atoms with Crippen LogP contribution < -0.4 is 0 Å². The largest absolute Gasteiger partial charge is 0.250 e. The van der Waals surface area contributed by atoms with Crippen molar-refractivity contribution in [3.63, 3.8) is 0 Å². The molecular formula is C15H10BrClN4S. The molecule has 0 aliphatic carbocycles. The van der Waals surface area contributed by atoms with E-state index in [2.05, 4.69) is 31.2 Å². The van der Waals surface area contributed by atoms with E-state index >= 15 is 0 Å². The first-order valence-corrected chi connectivity index (χ1v) is 7.95. The van der Waals surface area contributed by atoms with Crippen molar-refractivity contribution < 1.29 is 0 Å². The van der Waals surface area contributed by atoms with Crippen molar-refractivity contribution >= 4 is 46.0 Å². The van der Waals surface area contributed by atoms with Crippen LogP contribution in [0.25, 0.3) is 11.4 Å². The van der Waals surface area contributed by atoms with Gasteiger partial charge < -0.3 is 0 Å². The third kappa shape index (κ3) is 3.19. The lowest BCUT2D eigenvalue weighted by Gasteiger charge is -2.01. The van der Waals surface area contributed by atoms with Gasteiger partial charge in [-0.3, -0.25) is 0 Å². The monoisotopic (exact) mass is 392 g/mol. The quantitative estimate of drug-likeness (QED) is 0.508. The summed E-state index contributed by atoms with van der Waals surface area (Å²) in [6.45, 7) is 0. The minimum atomic E-state index is 0.424. The highest BCUT2D eigenvalue weighted by Crippen LogP contribution is 2.20. The summed E-state index contributed by atoms with van der Waals surface area (Å²) in [7, 11) is 0. The Balaban J connectivity index is 2.01.